The van der Waals surface area contributed by atoms with Crippen LogP contribution in [0.1, 0.15) is 42.1 Å². The topological polar surface area (TPSA) is 12.0 Å². The molecule has 4 heteroatoms. The lowest BCUT2D eigenvalue weighted by Gasteiger charge is -2.17. The van der Waals surface area contributed by atoms with E-state index >= 15 is 0 Å². The maximum atomic E-state index is 6.10. The van der Waals surface area contributed by atoms with Crippen LogP contribution in [0, 0.1) is 0 Å². The molecule has 2 rings (SSSR count). The fourth-order valence-corrected chi connectivity index (χ4v) is 3.69. The van der Waals surface area contributed by atoms with Gasteiger partial charge in [-0.3, -0.25) is 0 Å². The average Bonchev–Trinajstić information content (AvgIpc) is 2.89. The van der Waals surface area contributed by atoms with E-state index in [1.54, 1.807) is 0 Å². The van der Waals surface area contributed by atoms with Gasteiger partial charge in [-0.1, -0.05) is 50.0 Å². The van der Waals surface area contributed by atoms with Crippen molar-refractivity contribution in [2.45, 2.75) is 38.6 Å². The maximum Gasteiger partial charge on any atom is 0.0595 e. The molecule has 114 valence electrons. The minimum atomic E-state index is 0.199. The van der Waals surface area contributed by atoms with E-state index in [0.29, 0.717) is 16.1 Å². The van der Waals surface area contributed by atoms with Crippen molar-refractivity contribution in [1.29, 1.82) is 0 Å². The number of halogens is 2. The van der Waals surface area contributed by atoms with Gasteiger partial charge in [0.15, 0.2) is 0 Å². The molecule has 21 heavy (non-hydrogen) atoms. The zero-order valence-electron chi connectivity index (χ0n) is 12.8. The molecule has 1 aromatic heterocycles. The first kappa shape index (κ1) is 16.8. The Kier molecular flexibility index (Phi) is 5.37. The monoisotopic (exact) mass is 341 g/mol. The molecule has 0 bridgehead atoms. The number of thiophene rings is 1. The normalized spacial score (nSPS) is 13.4. The van der Waals surface area contributed by atoms with E-state index in [9.17, 15) is 0 Å². The molecule has 0 aliphatic heterocycles. The molecule has 1 nitrogen and oxygen atoms in total. The molecular weight excluding hydrogens is 321 g/mol. The molecule has 0 radical (unpaired) electrons. The summed E-state index contributed by atoms with van der Waals surface area (Å²) in [5.74, 6) is 0. The summed E-state index contributed by atoms with van der Waals surface area (Å²) in [6, 6.07) is 10.6. The van der Waals surface area contributed by atoms with Crippen LogP contribution in [-0.4, -0.2) is 7.05 Å². The third kappa shape index (κ3) is 4.23. The number of nitrogens with one attached hydrogen (secondary N) is 1. The first-order valence-corrected chi connectivity index (χ1v) is 8.60. The van der Waals surface area contributed by atoms with E-state index in [-0.39, 0.29) is 5.41 Å². The summed E-state index contributed by atoms with van der Waals surface area (Å²) in [5.41, 5.74) is 1.39. The molecule has 0 fully saturated rings. The zero-order valence-corrected chi connectivity index (χ0v) is 15.2. The van der Waals surface area contributed by atoms with Gasteiger partial charge in [-0.2, -0.15) is 0 Å². The largest absolute Gasteiger partial charge is 0.312 e. The van der Waals surface area contributed by atoms with E-state index in [1.807, 2.05) is 36.6 Å². The highest BCUT2D eigenvalue weighted by atomic mass is 35.5. The second-order valence-electron chi connectivity index (χ2n) is 6.25. The summed E-state index contributed by atoms with van der Waals surface area (Å²) in [4.78, 5) is 2.76. The molecule has 1 aromatic carbocycles. The lowest BCUT2D eigenvalue weighted by Crippen LogP contribution is -2.17. The molecule has 0 spiro atoms. The standard InChI is InChI=1S/C17H21Cl2NS/c1-17(2,3)16-8-7-15(21-16)14(20-4)10-11-5-6-12(18)13(19)9-11/h5-9,14,20H,10H2,1-4H3. The quantitative estimate of drug-likeness (QED) is 0.734. The molecule has 0 aliphatic carbocycles. The van der Waals surface area contributed by atoms with Crippen LogP contribution in [0.4, 0.5) is 0 Å². The fourth-order valence-electron chi connectivity index (χ4n) is 2.19. The van der Waals surface area contributed by atoms with Crippen LogP contribution in [0.25, 0.3) is 0 Å². The van der Waals surface area contributed by atoms with Crippen molar-refractivity contribution in [3.05, 3.63) is 55.7 Å². The number of benzene rings is 1. The maximum absolute atomic E-state index is 6.10. The molecular formula is C17H21Cl2NS. The Morgan fingerprint density at radius 1 is 1.10 bits per heavy atom. The molecule has 0 saturated heterocycles. The lowest BCUT2D eigenvalue weighted by atomic mass is 9.95. The second kappa shape index (κ2) is 6.70. The predicted molar refractivity (Wildman–Crippen MR) is 95.0 cm³/mol. The van der Waals surface area contributed by atoms with E-state index in [4.69, 9.17) is 23.2 Å². The van der Waals surface area contributed by atoms with Crippen LogP contribution in [0.5, 0.6) is 0 Å². The van der Waals surface area contributed by atoms with Crippen LogP contribution in [0.15, 0.2) is 30.3 Å². The first-order chi connectivity index (χ1) is 9.81. The average molecular weight is 342 g/mol. The van der Waals surface area contributed by atoms with E-state index in [1.165, 1.54) is 15.3 Å². The Hall–Kier alpha value is -0.540. The van der Waals surface area contributed by atoms with Gasteiger partial charge in [0.05, 0.1) is 10.0 Å². The third-order valence-corrected chi connectivity index (χ3v) is 5.85. The highest BCUT2D eigenvalue weighted by Gasteiger charge is 2.19. The van der Waals surface area contributed by atoms with E-state index < -0.39 is 0 Å². The van der Waals surface area contributed by atoms with Crippen LogP contribution in [-0.2, 0) is 11.8 Å². The van der Waals surface area contributed by atoms with Crippen molar-refractivity contribution in [3.8, 4) is 0 Å². The van der Waals surface area contributed by atoms with Crippen molar-refractivity contribution >= 4 is 34.5 Å². The van der Waals surface area contributed by atoms with Gasteiger partial charge >= 0.3 is 0 Å². The summed E-state index contributed by atoms with van der Waals surface area (Å²) in [6.45, 7) is 6.74. The van der Waals surface area contributed by atoms with E-state index in [0.717, 1.165) is 6.42 Å². The third-order valence-electron chi connectivity index (χ3n) is 3.48. The first-order valence-electron chi connectivity index (χ1n) is 7.02. The van der Waals surface area contributed by atoms with Gasteiger partial charge in [-0.15, -0.1) is 11.3 Å². The van der Waals surface area contributed by atoms with Crippen LogP contribution in [0.3, 0.4) is 0 Å². The van der Waals surface area contributed by atoms with Crippen molar-refractivity contribution in [3.63, 3.8) is 0 Å². The summed E-state index contributed by atoms with van der Waals surface area (Å²) >= 11 is 14.0. The molecule has 0 saturated carbocycles. The SMILES string of the molecule is CNC(Cc1ccc(Cl)c(Cl)c1)c1ccc(C(C)(C)C)s1. The van der Waals surface area contributed by atoms with E-state index in [2.05, 4.69) is 38.2 Å². The Bertz CT molecular complexity index is 613. The number of hydrogen-bond acceptors (Lipinski definition) is 2. The second-order valence-corrected chi connectivity index (χ2v) is 8.18. The Morgan fingerprint density at radius 2 is 1.81 bits per heavy atom. The Balaban J connectivity index is 2.19. The Morgan fingerprint density at radius 3 is 2.33 bits per heavy atom. The summed E-state index contributed by atoms with van der Waals surface area (Å²) < 4.78 is 0. The predicted octanol–water partition coefficient (Wildman–Crippen LogP) is 5.86. The molecule has 1 N–H and O–H groups in total. The number of rotatable bonds is 4. The summed E-state index contributed by atoms with van der Waals surface area (Å²) in [6.07, 6.45) is 0.900. The molecule has 2 aromatic rings. The van der Waals surface area contributed by atoms with Crippen molar-refractivity contribution in [2.75, 3.05) is 7.05 Å². The molecule has 0 aliphatic rings. The molecule has 1 heterocycles. The van der Waals surface area contributed by atoms with Crippen LogP contribution < -0.4 is 5.32 Å². The molecule has 0 amide bonds. The van der Waals surface area contributed by atoms with Gasteiger partial charge in [0.2, 0.25) is 0 Å². The summed E-state index contributed by atoms with van der Waals surface area (Å²) in [7, 11) is 2.00. The van der Waals surface area contributed by atoms with Crippen molar-refractivity contribution in [1.82, 2.24) is 5.32 Å². The van der Waals surface area contributed by atoms with Gasteiger partial charge in [0, 0.05) is 15.8 Å². The lowest BCUT2D eigenvalue weighted by molar-refractivity contribution is 0.601. The Labute approximate surface area is 141 Å². The fraction of sp³-hybridized carbons (Fsp3) is 0.412. The smallest absolute Gasteiger partial charge is 0.0595 e. The van der Waals surface area contributed by atoms with Gasteiger partial charge in [0.1, 0.15) is 0 Å². The van der Waals surface area contributed by atoms with Gasteiger partial charge in [-0.05, 0) is 48.7 Å². The molecule has 1 unspecified atom stereocenters. The van der Waals surface area contributed by atoms with Crippen molar-refractivity contribution in [2.24, 2.45) is 0 Å². The van der Waals surface area contributed by atoms with Crippen LogP contribution in [0.2, 0.25) is 10.0 Å². The van der Waals surface area contributed by atoms with Crippen molar-refractivity contribution < 1.29 is 0 Å². The highest BCUT2D eigenvalue weighted by molar-refractivity contribution is 7.12. The van der Waals surface area contributed by atoms with Gasteiger partial charge < -0.3 is 5.32 Å². The summed E-state index contributed by atoms with van der Waals surface area (Å²) in [5, 5.41) is 4.62. The van der Waals surface area contributed by atoms with Crippen LogP contribution >= 0.6 is 34.5 Å². The number of likely N-dealkylation sites (N-methyl/N-ethyl adjacent to an activating group) is 1. The highest BCUT2D eigenvalue weighted by Crippen LogP contribution is 2.34. The molecule has 1 atom stereocenters. The minimum absolute atomic E-state index is 0.199. The number of hydrogen-bond donors (Lipinski definition) is 1. The van der Waals surface area contributed by atoms with Gasteiger partial charge in [0.25, 0.3) is 0 Å². The minimum Gasteiger partial charge on any atom is -0.312 e. The van der Waals surface area contributed by atoms with Gasteiger partial charge in [-0.25, -0.2) is 0 Å². The zero-order chi connectivity index (χ0) is 15.6.